The third kappa shape index (κ3) is 4.60. The number of rotatable bonds is 7. The summed E-state index contributed by atoms with van der Waals surface area (Å²) in [5.74, 6) is 0.700. The van der Waals surface area contributed by atoms with Crippen molar-refractivity contribution >= 4 is 12.0 Å². The molecular formula is C22H30N4O5. The van der Waals surface area contributed by atoms with Gasteiger partial charge in [0.15, 0.2) is 0 Å². The molecule has 0 radical (unpaired) electrons. The van der Waals surface area contributed by atoms with Gasteiger partial charge in [-0.2, -0.15) is 0 Å². The van der Waals surface area contributed by atoms with Gasteiger partial charge < -0.3 is 29.4 Å². The highest BCUT2D eigenvalue weighted by Crippen LogP contribution is 2.37. The number of hydrogen-bond acceptors (Lipinski definition) is 6. The Kier molecular flexibility index (Phi) is 7.04. The van der Waals surface area contributed by atoms with Gasteiger partial charge in [-0.05, 0) is 23.6 Å². The molecule has 2 aromatic rings. The Hall–Kier alpha value is -3.23. The summed E-state index contributed by atoms with van der Waals surface area (Å²) < 4.78 is 15.8. The van der Waals surface area contributed by atoms with E-state index in [1.54, 1.807) is 31.5 Å². The minimum atomic E-state index is -0.733. The molecule has 0 saturated carbocycles. The smallest absolute Gasteiger partial charge is 0.328 e. The van der Waals surface area contributed by atoms with E-state index in [4.69, 9.17) is 14.2 Å². The summed E-state index contributed by atoms with van der Waals surface area (Å²) in [6.45, 7) is 4.34. The van der Waals surface area contributed by atoms with E-state index in [9.17, 15) is 9.59 Å². The molecule has 0 spiro atoms. The molecule has 2 N–H and O–H groups in total. The van der Waals surface area contributed by atoms with Crippen LogP contribution >= 0.6 is 0 Å². The number of methoxy groups -OCH3 is 3. The van der Waals surface area contributed by atoms with Crippen LogP contribution in [0.2, 0.25) is 0 Å². The second-order valence-corrected chi connectivity index (χ2v) is 7.59. The van der Waals surface area contributed by atoms with Crippen LogP contribution < -0.4 is 14.8 Å². The van der Waals surface area contributed by atoms with Crippen LogP contribution in [0, 0.1) is 5.92 Å². The number of fused-ring (bicyclic) bond motifs is 1. The monoisotopic (exact) mass is 430 g/mol. The van der Waals surface area contributed by atoms with Gasteiger partial charge in [0.1, 0.15) is 23.6 Å². The number of aromatic nitrogens is 2. The molecule has 0 saturated heterocycles. The molecule has 0 fully saturated rings. The van der Waals surface area contributed by atoms with Crippen LogP contribution in [0.15, 0.2) is 24.5 Å². The van der Waals surface area contributed by atoms with Crippen LogP contribution in [-0.2, 0) is 16.0 Å². The van der Waals surface area contributed by atoms with Crippen LogP contribution in [0.25, 0.3) is 0 Å². The average molecular weight is 431 g/mol. The van der Waals surface area contributed by atoms with Crippen LogP contribution in [0.1, 0.15) is 43.3 Å². The summed E-state index contributed by atoms with van der Waals surface area (Å²) in [6.07, 6.45) is 2.99. The maximum Gasteiger partial charge on any atom is 0.328 e. The lowest BCUT2D eigenvalue weighted by atomic mass is 9.95. The van der Waals surface area contributed by atoms with Crippen molar-refractivity contribution in [2.24, 2.45) is 5.92 Å². The lowest BCUT2D eigenvalue weighted by Crippen LogP contribution is -2.53. The lowest BCUT2D eigenvalue weighted by molar-refractivity contribution is -0.144. The van der Waals surface area contributed by atoms with E-state index in [0.29, 0.717) is 24.5 Å². The van der Waals surface area contributed by atoms with Crippen molar-refractivity contribution in [1.82, 2.24) is 20.2 Å². The van der Waals surface area contributed by atoms with Gasteiger partial charge in [-0.15, -0.1) is 0 Å². The summed E-state index contributed by atoms with van der Waals surface area (Å²) in [5, 5.41) is 2.88. The number of imidazole rings is 1. The number of urea groups is 1. The summed E-state index contributed by atoms with van der Waals surface area (Å²) >= 11 is 0. The molecule has 9 nitrogen and oxygen atoms in total. The van der Waals surface area contributed by atoms with Crippen LogP contribution in [0.4, 0.5) is 4.79 Å². The highest BCUT2D eigenvalue weighted by atomic mass is 16.5. The molecule has 0 aliphatic carbocycles. The van der Waals surface area contributed by atoms with Crippen molar-refractivity contribution in [1.29, 1.82) is 0 Å². The molecule has 0 unspecified atom stereocenters. The first-order chi connectivity index (χ1) is 14.9. The van der Waals surface area contributed by atoms with Gasteiger partial charge in [-0.1, -0.05) is 20.3 Å². The minimum absolute atomic E-state index is 0.0718. The van der Waals surface area contributed by atoms with Crippen molar-refractivity contribution in [2.75, 3.05) is 27.9 Å². The van der Waals surface area contributed by atoms with Crippen molar-refractivity contribution < 1.29 is 23.8 Å². The molecule has 2 amide bonds. The predicted molar refractivity (Wildman–Crippen MR) is 114 cm³/mol. The number of H-pyrrole nitrogens is 1. The van der Waals surface area contributed by atoms with Crippen molar-refractivity contribution in [3.8, 4) is 11.5 Å². The van der Waals surface area contributed by atoms with Gasteiger partial charge in [0.2, 0.25) is 0 Å². The third-order valence-electron chi connectivity index (χ3n) is 5.82. The number of benzene rings is 1. The lowest BCUT2D eigenvalue weighted by Gasteiger charge is -2.36. The fourth-order valence-electron chi connectivity index (χ4n) is 3.83. The summed E-state index contributed by atoms with van der Waals surface area (Å²) in [7, 11) is 4.49. The molecule has 9 heteroatoms. The Morgan fingerprint density at radius 2 is 1.90 bits per heavy atom. The maximum atomic E-state index is 13.4. The van der Waals surface area contributed by atoms with E-state index in [0.717, 1.165) is 23.4 Å². The average Bonchev–Trinajstić information content (AvgIpc) is 3.29. The number of esters is 1. The number of hydrogen-bond donors (Lipinski definition) is 2. The van der Waals surface area contributed by atoms with Crippen LogP contribution in [0.5, 0.6) is 11.5 Å². The van der Waals surface area contributed by atoms with Gasteiger partial charge in [0.05, 0.1) is 33.4 Å². The largest absolute Gasteiger partial charge is 0.497 e. The zero-order valence-corrected chi connectivity index (χ0v) is 18.6. The number of nitrogens with zero attached hydrogens (tertiary/aromatic N) is 2. The highest BCUT2D eigenvalue weighted by Gasteiger charge is 2.37. The van der Waals surface area contributed by atoms with Crippen molar-refractivity contribution in [3.05, 3.63) is 41.5 Å². The molecule has 1 aliphatic heterocycles. The van der Waals surface area contributed by atoms with Crippen LogP contribution in [-0.4, -0.2) is 60.8 Å². The minimum Gasteiger partial charge on any atom is -0.497 e. The Bertz CT molecular complexity index is 906. The van der Waals surface area contributed by atoms with Gasteiger partial charge >= 0.3 is 12.0 Å². The Morgan fingerprint density at radius 1 is 1.23 bits per heavy atom. The molecule has 3 atom stereocenters. The maximum absolute atomic E-state index is 13.4. The number of carbonyl (C=O) groups is 2. The normalized spacial score (nSPS) is 17.3. The number of nitrogens with one attached hydrogen (secondary N) is 2. The topological polar surface area (TPSA) is 106 Å². The van der Waals surface area contributed by atoms with Crippen molar-refractivity contribution in [2.45, 2.75) is 38.8 Å². The third-order valence-corrected chi connectivity index (χ3v) is 5.82. The molecule has 2 heterocycles. The van der Waals surface area contributed by atoms with Gasteiger partial charge in [0.25, 0.3) is 0 Å². The van der Waals surface area contributed by atoms with Gasteiger partial charge in [0, 0.05) is 24.7 Å². The van der Waals surface area contributed by atoms with Gasteiger partial charge in [-0.3, -0.25) is 0 Å². The molecule has 1 aliphatic rings. The number of carbonyl (C=O) groups excluding carboxylic acids is 2. The molecular weight excluding hydrogens is 400 g/mol. The molecule has 0 bridgehead atoms. The van der Waals surface area contributed by atoms with E-state index in [1.807, 2.05) is 26.0 Å². The molecule has 3 rings (SSSR count). The standard InChI is InChI=1S/C22H30N4O5/c1-6-13(2)18(21(27)31-5)25-22(28)26-8-7-17-19(24-12-23-17)20(26)14-9-15(29-3)11-16(10-14)30-4/h9-13,18,20H,6-8H2,1-5H3,(H,23,24)(H,25,28)/t13-,18+,20+/m1/s1. The van der Waals surface area contributed by atoms with Crippen molar-refractivity contribution in [3.63, 3.8) is 0 Å². The second-order valence-electron chi connectivity index (χ2n) is 7.59. The molecule has 168 valence electrons. The van der Waals surface area contributed by atoms with E-state index in [2.05, 4.69) is 15.3 Å². The fraction of sp³-hybridized carbons (Fsp3) is 0.500. The van der Waals surface area contributed by atoms with E-state index < -0.39 is 18.1 Å². The second kappa shape index (κ2) is 9.72. The highest BCUT2D eigenvalue weighted by molar-refractivity contribution is 5.84. The van der Waals surface area contributed by atoms with E-state index >= 15 is 0 Å². The number of ether oxygens (including phenoxy) is 3. The first-order valence-electron chi connectivity index (χ1n) is 10.3. The Morgan fingerprint density at radius 3 is 2.48 bits per heavy atom. The Balaban J connectivity index is 1.99. The van der Waals surface area contributed by atoms with E-state index in [1.165, 1.54) is 7.11 Å². The summed E-state index contributed by atoms with van der Waals surface area (Å²) in [5.41, 5.74) is 2.54. The zero-order chi connectivity index (χ0) is 22.5. The van der Waals surface area contributed by atoms with Crippen LogP contribution in [0.3, 0.4) is 0 Å². The summed E-state index contributed by atoms with van der Waals surface area (Å²) in [4.78, 5) is 35.0. The number of aromatic amines is 1. The fourth-order valence-corrected chi connectivity index (χ4v) is 3.83. The van der Waals surface area contributed by atoms with Gasteiger partial charge in [-0.25, -0.2) is 14.6 Å². The molecule has 1 aromatic carbocycles. The first-order valence-corrected chi connectivity index (χ1v) is 10.3. The number of amides is 2. The Labute approximate surface area is 182 Å². The molecule has 1 aromatic heterocycles. The zero-order valence-electron chi connectivity index (χ0n) is 18.6. The summed E-state index contributed by atoms with van der Waals surface area (Å²) in [6, 6.07) is 3.96. The molecule has 31 heavy (non-hydrogen) atoms. The van der Waals surface area contributed by atoms with E-state index in [-0.39, 0.29) is 11.9 Å². The predicted octanol–water partition coefficient (Wildman–Crippen LogP) is 2.67. The first kappa shape index (κ1) is 22.5. The SMILES string of the molecule is CC[C@@H](C)[C@H](NC(=O)N1CCc2[nH]cnc2[C@@H]1c1cc(OC)cc(OC)c1)C(=O)OC. The quantitative estimate of drug-likeness (QED) is 0.654.